The van der Waals surface area contributed by atoms with Crippen LogP contribution in [0.2, 0.25) is 0 Å². The van der Waals surface area contributed by atoms with Crippen LogP contribution in [0.1, 0.15) is 6.42 Å². The van der Waals surface area contributed by atoms with Gasteiger partial charge in [0.2, 0.25) is 5.91 Å². The van der Waals surface area contributed by atoms with Crippen LogP contribution >= 0.6 is 12.4 Å². The molecule has 1 amide bonds. The molecule has 0 aromatic carbocycles. The molecule has 2 aromatic heterocycles. The number of fused-ring (bicyclic) bond motifs is 1. The van der Waals surface area contributed by atoms with Crippen molar-refractivity contribution in [3.8, 4) is 0 Å². The summed E-state index contributed by atoms with van der Waals surface area (Å²) >= 11 is 0. The Labute approximate surface area is 122 Å². The maximum atomic E-state index is 11.9. The lowest BCUT2D eigenvalue weighted by Crippen LogP contribution is -2.32. The lowest BCUT2D eigenvalue weighted by Gasteiger charge is -2.03. The van der Waals surface area contributed by atoms with Gasteiger partial charge in [-0.2, -0.15) is 0 Å². The topological polar surface area (TPSA) is 80.4 Å². The molecule has 0 atom stereocenters. The number of nitrogens with one attached hydrogen (secondary N) is 2. The Morgan fingerprint density at radius 3 is 2.85 bits per heavy atom. The smallest absolute Gasteiger partial charge is 0.350 e. The Morgan fingerprint density at radius 1 is 1.35 bits per heavy atom. The van der Waals surface area contributed by atoms with Crippen LogP contribution in [0.5, 0.6) is 0 Å². The first-order valence-corrected chi connectivity index (χ1v) is 6.18. The summed E-state index contributed by atoms with van der Waals surface area (Å²) in [6.45, 7) is 1.58. The van der Waals surface area contributed by atoms with Crippen LogP contribution in [0, 0.1) is 0 Å². The summed E-state index contributed by atoms with van der Waals surface area (Å²) in [5.74, 6) is -0.0841. The van der Waals surface area contributed by atoms with Crippen LogP contribution in [-0.4, -0.2) is 40.2 Å². The SMILES string of the molecule is CNCCNC(=O)CCn1nc2ccccn2c1=O.Cl. The summed E-state index contributed by atoms with van der Waals surface area (Å²) < 4.78 is 2.77. The van der Waals surface area contributed by atoms with Crippen LogP contribution in [0.4, 0.5) is 0 Å². The van der Waals surface area contributed by atoms with E-state index in [1.54, 1.807) is 18.3 Å². The molecule has 2 heterocycles. The Balaban J connectivity index is 0.00000200. The maximum absolute atomic E-state index is 11.9. The molecule has 110 valence electrons. The van der Waals surface area contributed by atoms with Gasteiger partial charge in [0.15, 0.2) is 5.65 Å². The predicted octanol–water partition coefficient (Wildman–Crippen LogP) is -0.356. The monoisotopic (exact) mass is 299 g/mol. The number of aryl methyl sites for hydroxylation is 1. The number of hydrogen-bond donors (Lipinski definition) is 2. The van der Waals surface area contributed by atoms with Crippen molar-refractivity contribution >= 4 is 24.0 Å². The number of halogens is 1. The van der Waals surface area contributed by atoms with Crippen molar-refractivity contribution in [2.75, 3.05) is 20.1 Å². The largest absolute Gasteiger partial charge is 0.355 e. The molecule has 2 rings (SSSR count). The summed E-state index contributed by atoms with van der Waals surface area (Å²) in [7, 11) is 1.82. The van der Waals surface area contributed by atoms with E-state index in [4.69, 9.17) is 0 Å². The van der Waals surface area contributed by atoms with Crippen LogP contribution in [-0.2, 0) is 11.3 Å². The molecule has 8 heteroatoms. The highest BCUT2D eigenvalue weighted by Gasteiger charge is 2.07. The zero-order valence-electron chi connectivity index (χ0n) is 11.2. The fourth-order valence-electron chi connectivity index (χ4n) is 1.74. The van der Waals surface area contributed by atoms with Gasteiger partial charge in [-0.1, -0.05) is 6.07 Å². The second-order valence-corrected chi connectivity index (χ2v) is 4.14. The first-order valence-electron chi connectivity index (χ1n) is 6.18. The molecular weight excluding hydrogens is 282 g/mol. The molecule has 0 aliphatic rings. The van der Waals surface area contributed by atoms with E-state index < -0.39 is 0 Å². The quantitative estimate of drug-likeness (QED) is 0.714. The third-order valence-corrected chi connectivity index (χ3v) is 2.74. The fraction of sp³-hybridized carbons (Fsp3) is 0.417. The second-order valence-electron chi connectivity index (χ2n) is 4.14. The van der Waals surface area contributed by atoms with Crippen molar-refractivity contribution in [2.45, 2.75) is 13.0 Å². The van der Waals surface area contributed by atoms with Gasteiger partial charge in [0.05, 0.1) is 6.54 Å². The van der Waals surface area contributed by atoms with Crippen LogP contribution in [0.15, 0.2) is 29.2 Å². The van der Waals surface area contributed by atoms with E-state index in [9.17, 15) is 9.59 Å². The normalized spacial score (nSPS) is 10.2. The Kier molecular flexibility index (Phi) is 6.20. The molecule has 0 bridgehead atoms. The van der Waals surface area contributed by atoms with Crippen molar-refractivity contribution in [3.05, 3.63) is 34.9 Å². The number of likely N-dealkylation sites (N-methyl/N-ethyl adjacent to an activating group) is 1. The number of pyridine rings is 1. The minimum atomic E-state index is -0.223. The lowest BCUT2D eigenvalue weighted by atomic mass is 10.4. The molecule has 0 fully saturated rings. The molecular formula is C12H18ClN5O2. The minimum absolute atomic E-state index is 0. The lowest BCUT2D eigenvalue weighted by molar-refractivity contribution is -0.121. The van der Waals surface area contributed by atoms with Crippen molar-refractivity contribution in [3.63, 3.8) is 0 Å². The first-order chi connectivity index (χ1) is 9.22. The van der Waals surface area contributed by atoms with Crippen LogP contribution < -0.4 is 16.3 Å². The minimum Gasteiger partial charge on any atom is -0.355 e. The highest BCUT2D eigenvalue weighted by Crippen LogP contribution is 1.95. The molecule has 0 unspecified atom stereocenters. The zero-order chi connectivity index (χ0) is 13.7. The van der Waals surface area contributed by atoms with E-state index in [0.29, 0.717) is 12.2 Å². The summed E-state index contributed by atoms with van der Waals surface area (Å²) in [6.07, 6.45) is 1.90. The van der Waals surface area contributed by atoms with Crippen molar-refractivity contribution < 1.29 is 4.79 Å². The maximum Gasteiger partial charge on any atom is 0.350 e. The van der Waals surface area contributed by atoms with Gasteiger partial charge >= 0.3 is 5.69 Å². The van der Waals surface area contributed by atoms with E-state index in [1.165, 1.54) is 9.08 Å². The Hall–Kier alpha value is -1.86. The summed E-state index contributed by atoms with van der Waals surface area (Å²) in [5, 5.41) is 9.85. The number of carbonyl (C=O) groups excluding carboxylic acids is 1. The van der Waals surface area contributed by atoms with E-state index in [2.05, 4.69) is 15.7 Å². The molecule has 7 nitrogen and oxygen atoms in total. The molecule has 2 N–H and O–H groups in total. The van der Waals surface area contributed by atoms with Crippen molar-refractivity contribution in [1.82, 2.24) is 24.8 Å². The van der Waals surface area contributed by atoms with Gasteiger partial charge in [-0.25, -0.2) is 9.48 Å². The van der Waals surface area contributed by atoms with E-state index in [0.717, 1.165) is 6.54 Å². The fourth-order valence-corrected chi connectivity index (χ4v) is 1.74. The van der Waals surface area contributed by atoms with Crippen LogP contribution in [0.25, 0.3) is 5.65 Å². The number of rotatable bonds is 6. The summed E-state index contributed by atoms with van der Waals surface area (Å²) in [5.41, 5.74) is 0.363. The average Bonchev–Trinajstić information content (AvgIpc) is 2.74. The molecule has 20 heavy (non-hydrogen) atoms. The number of carbonyl (C=O) groups is 1. The van der Waals surface area contributed by atoms with Crippen LogP contribution in [0.3, 0.4) is 0 Å². The third kappa shape index (κ3) is 3.82. The molecule has 0 aliphatic carbocycles. The van der Waals surface area contributed by atoms with Gasteiger partial charge < -0.3 is 10.6 Å². The standard InChI is InChI=1S/C12H17N5O2.ClH/c1-13-6-7-14-11(18)5-9-17-12(19)16-8-3-2-4-10(16)15-17;/h2-4,8,13H,5-7,9H2,1H3,(H,14,18);1H. The third-order valence-electron chi connectivity index (χ3n) is 2.74. The van der Waals surface area contributed by atoms with E-state index in [-0.39, 0.29) is 37.0 Å². The van der Waals surface area contributed by atoms with E-state index in [1.807, 2.05) is 13.1 Å². The van der Waals surface area contributed by atoms with Crippen molar-refractivity contribution in [1.29, 1.82) is 0 Å². The average molecular weight is 300 g/mol. The summed E-state index contributed by atoms with van der Waals surface area (Å²) in [4.78, 5) is 23.5. The number of hydrogen-bond acceptors (Lipinski definition) is 4. The zero-order valence-corrected chi connectivity index (χ0v) is 12.0. The van der Waals surface area contributed by atoms with Gasteiger partial charge in [-0.15, -0.1) is 17.5 Å². The predicted molar refractivity (Wildman–Crippen MR) is 78.3 cm³/mol. The second kappa shape index (κ2) is 7.66. The van der Waals surface area contributed by atoms with Crippen molar-refractivity contribution in [2.24, 2.45) is 0 Å². The number of nitrogens with zero attached hydrogens (tertiary/aromatic N) is 3. The molecule has 0 spiro atoms. The molecule has 0 aliphatic heterocycles. The van der Waals surface area contributed by atoms with E-state index >= 15 is 0 Å². The highest BCUT2D eigenvalue weighted by atomic mass is 35.5. The van der Waals surface area contributed by atoms with Gasteiger partial charge in [0, 0.05) is 25.7 Å². The molecule has 0 saturated heterocycles. The van der Waals surface area contributed by atoms with Gasteiger partial charge in [-0.05, 0) is 19.2 Å². The molecule has 0 saturated carbocycles. The highest BCUT2D eigenvalue weighted by molar-refractivity contribution is 5.85. The Bertz CT molecular complexity index is 622. The molecule has 0 radical (unpaired) electrons. The van der Waals surface area contributed by atoms with Gasteiger partial charge in [0.1, 0.15) is 0 Å². The molecule has 2 aromatic rings. The summed E-state index contributed by atoms with van der Waals surface area (Å²) in [6, 6.07) is 5.34. The first kappa shape index (κ1) is 16.2. The van der Waals surface area contributed by atoms with Gasteiger partial charge in [-0.3, -0.25) is 9.20 Å². The number of aromatic nitrogens is 3. The Morgan fingerprint density at radius 2 is 2.15 bits per heavy atom. The number of amides is 1. The van der Waals surface area contributed by atoms with Gasteiger partial charge in [0.25, 0.3) is 0 Å².